The first-order chi connectivity index (χ1) is 9.45. The van der Waals surface area contributed by atoms with E-state index in [1.54, 1.807) is 0 Å². The Bertz CT molecular complexity index is 632. The molecule has 0 atom stereocenters. The van der Waals surface area contributed by atoms with Crippen molar-refractivity contribution in [3.63, 3.8) is 0 Å². The molecule has 0 N–H and O–H groups in total. The minimum absolute atomic E-state index is 0.316. The van der Waals surface area contributed by atoms with Crippen molar-refractivity contribution in [3.8, 4) is 0 Å². The molecule has 106 valence electrons. The number of hydrogen-bond acceptors (Lipinski definition) is 2. The summed E-state index contributed by atoms with van der Waals surface area (Å²) >= 11 is 3.29. The van der Waals surface area contributed by atoms with Gasteiger partial charge in [-0.1, -0.05) is 15.9 Å². The van der Waals surface area contributed by atoms with Crippen molar-refractivity contribution in [2.75, 3.05) is 0 Å². The number of benzene rings is 1. The van der Waals surface area contributed by atoms with Gasteiger partial charge in [0.2, 0.25) is 0 Å². The van der Waals surface area contributed by atoms with Crippen molar-refractivity contribution in [1.82, 2.24) is 4.98 Å². The summed E-state index contributed by atoms with van der Waals surface area (Å²) in [6.45, 7) is 0. The van der Waals surface area contributed by atoms with Crippen LogP contribution in [0.3, 0.4) is 0 Å². The van der Waals surface area contributed by atoms with Gasteiger partial charge in [-0.05, 0) is 36.6 Å². The molecular formula is C14H11BrF3NO. The van der Waals surface area contributed by atoms with Crippen LogP contribution in [0.2, 0.25) is 0 Å². The molecule has 1 saturated carbocycles. The van der Waals surface area contributed by atoms with Gasteiger partial charge in [0, 0.05) is 16.8 Å². The van der Waals surface area contributed by atoms with Gasteiger partial charge in [0.05, 0.1) is 11.3 Å². The fourth-order valence-electron chi connectivity index (χ4n) is 2.16. The molecule has 0 aliphatic heterocycles. The number of aromatic nitrogens is 1. The summed E-state index contributed by atoms with van der Waals surface area (Å²) in [6, 6.07) is 3.64. The van der Waals surface area contributed by atoms with Gasteiger partial charge in [-0.2, -0.15) is 13.2 Å². The second kappa shape index (κ2) is 4.91. The normalized spacial score (nSPS) is 15.6. The third-order valence-electron chi connectivity index (χ3n) is 3.36. The molecular weight excluding hydrogens is 335 g/mol. The van der Waals surface area contributed by atoms with Crippen LogP contribution in [0.25, 0.3) is 0 Å². The maximum atomic E-state index is 12.7. The second-order valence-electron chi connectivity index (χ2n) is 4.92. The van der Waals surface area contributed by atoms with Crippen LogP contribution in [0, 0.1) is 0 Å². The molecule has 1 aliphatic rings. The van der Waals surface area contributed by atoms with E-state index in [4.69, 9.17) is 4.42 Å². The lowest BCUT2D eigenvalue weighted by atomic mass is 10.0. The van der Waals surface area contributed by atoms with Crippen molar-refractivity contribution in [1.29, 1.82) is 0 Å². The lowest BCUT2D eigenvalue weighted by Crippen LogP contribution is -2.06. The van der Waals surface area contributed by atoms with E-state index in [9.17, 15) is 13.2 Å². The van der Waals surface area contributed by atoms with E-state index in [1.807, 2.05) is 0 Å². The molecule has 1 heterocycles. The standard InChI is InChI=1S/C14H11BrF3NO/c15-11-4-3-10(14(16,17)18)5-9(11)6-12-13(8-1-2-8)19-7-20-12/h3-5,7-8H,1-2,6H2. The zero-order chi connectivity index (χ0) is 14.3. The number of hydrogen-bond donors (Lipinski definition) is 0. The van der Waals surface area contributed by atoms with Crippen molar-refractivity contribution >= 4 is 15.9 Å². The molecule has 1 aromatic heterocycles. The van der Waals surface area contributed by atoms with Crippen LogP contribution in [0.4, 0.5) is 13.2 Å². The predicted molar refractivity (Wildman–Crippen MR) is 70.4 cm³/mol. The van der Waals surface area contributed by atoms with Crippen LogP contribution >= 0.6 is 15.9 Å². The lowest BCUT2D eigenvalue weighted by molar-refractivity contribution is -0.137. The fraction of sp³-hybridized carbons (Fsp3) is 0.357. The number of halogens is 4. The van der Waals surface area contributed by atoms with Crippen molar-refractivity contribution in [2.45, 2.75) is 31.4 Å². The quantitative estimate of drug-likeness (QED) is 0.788. The average molecular weight is 346 g/mol. The summed E-state index contributed by atoms with van der Waals surface area (Å²) < 4.78 is 44.2. The van der Waals surface area contributed by atoms with Crippen molar-refractivity contribution in [3.05, 3.63) is 51.6 Å². The summed E-state index contributed by atoms with van der Waals surface area (Å²) in [5.74, 6) is 1.07. The van der Waals surface area contributed by atoms with Gasteiger partial charge in [0.1, 0.15) is 5.76 Å². The molecule has 2 nitrogen and oxygen atoms in total. The Balaban J connectivity index is 1.91. The lowest BCUT2D eigenvalue weighted by Gasteiger charge is -2.10. The topological polar surface area (TPSA) is 26.0 Å². The molecule has 1 aliphatic carbocycles. The maximum absolute atomic E-state index is 12.7. The smallest absolute Gasteiger partial charge is 0.416 e. The highest BCUT2D eigenvalue weighted by molar-refractivity contribution is 9.10. The van der Waals surface area contributed by atoms with Gasteiger partial charge in [-0.15, -0.1) is 0 Å². The van der Waals surface area contributed by atoms with Gasteiger partial charge < -0.3 is 4.42 Å². The Kier molecular flexibility index (Phi) is 3.36. The Morgan fingerprint density at radius 1 is 1.30 bits per heavy atom. The zero-order valence-corrected chi connectivity index (χ0v) is 12.0. The fourth-order valence-corrected chi connectivity index (χ4v) is 2.55. The van der Waals surface area contributed by atoms with Gasteiger partial charge in [-0.25, -0.2) is 4.98 Å². The van der Waals surface area contributed by atoms with E-state index in [0.29, 0.717) is 28.1 Å². The Morgan fingerprint density at radius 2 is 2.05 bits per heavy atom. The van der Waals surface area contributed by atoms with Crippen LogP contribution in [0.15, 0.2) is 33.5 Å². The van der Waals surface area contributed by atoms with Crippen LogP contribution < -0.4 is 0 Å². The zero-order valence-electron chi connectivity index (χ0n) is 10.4. The van der Waals surface area contributed by atoms with E-state index in [2.05, 4.69) is 20.9 Å². The first-order valence-corrected chi connectivity index (χ1v) is 7.02. The van der Waals surface area contributed by atoms with Gasteiger partial charge >= 0.3 is 6.18 Å². The molecule has 1 fully saturated rings. The number of alkyl halides is 3. The number of nitrogens with zero attached hydrogens (tertiary/aromatic N) is 1. The first-order valence-electron chi connectivity index (χ1n) is 6.23. The van der Waals surface area contributed by atoms with Gasteiger partial charge in [-0.3, -0.25) is 0 Å². The summed E-state index contributed by atoms with van der Waals surface area (Å²) in [4.78, 5) is 4.17. The van der Waals surface area contributed by atoms with E-state index in [0.717, 1.165) is 30.7 Å². The molecule has 0 bridgehead atoms. The summed E-state index contributed by atoms with van der Waals surface area (Å²) in [7, 11) is 0. The minimum atomic E-state index is -4.34. The van der Waals surface area contributed by atoms with E-state index in [-0.39, 0.29) is 0 Å². The summed E-state index contributed by atoms with van der Waals surface area (Å²) in [5.41, 5.74) is 0.788. The molecule has 0 spiro atoms. The Hall–Kier alpha value is -1.30. The first kappa shape index (κ1) is 13.7. The molecule has 3 rings (SSSR count). The Labute approximate surface area is 122 Å². The number of rotatable bonds is 3. The van der Waals surface area contributed by atoms with E-state index in [1.165, 1.54) is 12.5 Å². The molecule has 1 aromatic carbocycles. The summed E-state index contributed by atoms with van der Waals surface area (Å²) in [6.07, 6.45) is -0.510. The van der Waals surface area contributed by atoms with Crippen molar-refractivity contribution < 1.29 is 17.6 Å². The molecule has 0 amide bonds. The largest absolute Gasteiger partial charge is 0.448 e. The third-order valence-corrected chi connectivity index (χ3v) is 4.13. The van der Waals surface area contributed by atoms with E-state index >= 15 is 0 Å². The number of oxazole rings is 1. The van der Waals surface area contributed by atoms with Crippen LogP contribution in [0.1, 0.15) is 41.3 Å². The average Bonchev–Trinajstić information content (AvgIpc) is 3.11. The molecule has 0 unspecified atom stereocenters. The van der Waals surface area contributed by atoms with Gasteiger partial charge in [0.25, 0.3) is 0 Å². The highest BCUT2D eigenvalue weighted by Gasteiger charge is 2.32. The second-order valence-corrected chi connectivity index (χ2v) is 5.77. The SMILES string of the molecule is FC(F)(F)c1ccc(Br)c(Cc2ocnc2C2CC2)c1. The van der Waals surface area contributed by atoms with Crippen molar-refractivity contribution in [2.24, 2.45) is 0 Å². The van der Waals surface area contributed by atoms with Crippen LogP contribution in [-0.4, -0.2) is 4.98 Å². The molecule has 20 heavy (non-hydrogen) atoms. The highest BCUT2D eigenvalue weighted by atomic mass is 79.9. The molecule has 2 aromatic rings. The summed E-state index contributed by atoms with van der Waals surface area (Å²) in [5, 5.41) is 0. The molecule has 6 heteroatoms. The molecule has 0 saturated heterocycles. The van der Waals surface area contributed by atoms with Crippen LogP contribution in [0.5, 0.6) is 0 Å². The Morgan fingerprint density at radius 3 is 2.70 bits per heavy atom. The van der Waals surface area contributed by atoms with Gasteiger partial charge in [0.15, 0.2) is 6.39 Å². The third kappa shape index (κ3) is 2.75. The van der Waals surface area contributed by atoms with Crippen LogP contribution in [-0.2, 0) is 12.6 Å². The molecule has 0 radical (unpaired) electrons. The predicted octanol–water partition coefficient (Wildman–Crippen LogP) is 4.92. The maximum Gasteiger partial charge on any atom is 0.416 e. The minimum Gasteiger partial charge on any atom is -0.448 e. The highest BCUT2D eigenvalue weighted by Crippen LogP contribution is 2.41. The monoisotopic (exact) mass is 345 g/mol. The van der Waals surface area contributed by atoms with E-state index < -0.39 is 11.7 Å².